The number of aromatic nitrogens is 1. The summed E-state index contributed by atoms with van der Waals surface area (Å²) >= 11 is 0. The molecular formula is C24H22N2O4S. The van der Waals surface area contributed by atoms with E-state index in [2.05, 4.69) is 4.57 Å². The number of rotatable bonds is 6. The fraction of sp³-hybridized carbons (Fsp3) is 0.167. The Bertz CT molecular complexity index is 1370. The van der Waals surface area contributed by atoms with Crippen molar-refractivity contribution < 1.29 is 13.3 Å². The number of nitrogens with zero attached hydrogens (tertiary/aromatic N) is 2. The minimum atomic E-state index is -3.75. The fourth-order valence-electron chi connectivity index (χ4n) is 3.83. The number of aryl methyl sites for hydroxylation is 2. The van der Waals surface area contributed by atoms with Crippen molar-refractivity contribution in [1.29, 1.82) is 0 Å². The number of hydrogen-bond donors (Lipinski definition) is 0. The SMILES string of the molecule is Cc1ccc(S(=O)(=O)Cc2c([N+](=O)[O-])ccc3c2cc(C)n3Cc2ccccc2)cc1. The Morgan fingerprint density at radius 2 is 1.61 bits per heavy atom. The third-order valence-electron chi connectivity index (χ3n) is 5.47. The van der Waals surface area contributed by atoms with Crippen LogP contribution >= 0.6 is 0 Å². The van der Waals surface area contributed by atoms with Crippen molar-refractivity contribution in [2.45, 2.75) is 31.0 Å². The van der Waals surface area contributed by atoms with Crippen LogP contribution in [0.1, 0.15) is 22.4 Å². The molecule has 0 aliphatic carbocycles. The quantitative estimate of drug-likeness (QED) is 0.309. The molecule has 0 saturated carbocycles. The zero-order chi connectivity index (χ0) is 22.2. The lowest BCUT2D eigenvalue weighted by molar-refractivity contribution is -0.385. The molecular weight excluding hydrogens is 412 g/mol. The van der Waals surface area contributed by atoms with Crippen molar-refractivity contribution in [2.24, 2.45) is 0 Å². The van der Waals surface area contributed by atoms with E-state index in [1.807, 2.05) is 50.2 Å². The average Bonchev–Trinajstić information content (AvgIpc) is 3.05. The van der Waals surface area contributed by atoms with Gasteiger partial charge in [0.05, 0.1) is 21.1 Å². The molecule has 7 heteroatoms. The summed E-state index contributed by atoms with van der Waals surface area (Å²) < 4.78 is 28.2. The van der Waals surface area contributed by atoms with Crippen molar-refractivity contribution in [3.8, 4) is 0 Å². The van der Waals surface area contributed by atoms with Gasteiger partial charge in [-0.15, -0.1) is 0 Å². The minimum absolute atomic E-state index is 0.157. The molecule has 158 valence electrons. The van der Waals surface area contributed by atoms with Gasteiger partial charge in [0.2, 0.25) is 0 Å². The van der Waals surface area contributed by atoms with Crippen LogP contribution < -0.4 is 0 Å². The Morgan fingerprint density at radius 3 is 2.26 bits per heavy atom. The van der Waals surface area contributed by atoms with Crippen LogP contribution in [0.3, 0.4) is 0 Å². The monoisotopic (exact) mass is 434 g/mol. The Kier molecular flexibility index (Phi) is 5.37. The molecule has 0 saturated heterocycles. The zero-order valence-corrected chi connectivity index (χ0v) is 18.1. The van der Waals surface area contributed by atoms with E-state index in [-0.39, 0.29) is 16.1 Å². The van der Waals surface area contributed by atoms with Gasteiger partial charge in [-0.25, -0.2) is 8.42 Å². The van der Waals surface area contributed by atoms with Crippen molar-refractivity contribution in [3.05, 3.63) is 105 Å². The van der Waals surface area contributed by atoms with E-state index >= 15 is 0 Å². The van der Waals surface area contributed by atoms with Gasteiger partial charge in [-0.2, -0.15) is 0 Å². The van der Waals surface area contributed by atoms with E-state index in [1.165, 1.54) is 6.07 Å². The van der Waals surface area contributed by atoms with Crippen molar-refractivity contribution in [3.63, 3.8) is 0 Å². The highest BCUT2D eigenvalue weighted by molar-refractivity contribution is 7.90. The predicted octanol–water partition coefficient (Wildman–Crippen LogP) is 5.19. The number of nitro benzene ring substituents is 1. The fourth-order valence-corrected chi connectivity index (χ4v) is 5.23. The summed E-state index contributed by atoms with van der Waals surface area (Å²) in [6.07, 6.45) is 0. The molecule has 0 unspecified atom stereocenters. The van der Waals surface area contributed by atoms with Crippen molar-refractivity contribution in [2.75, 3.05) is 0 Å². The molecule has 4 rings (SSSR count). The maximum atomic E-state index is 13.1. The van der Waals surface area contributed by atoms with Crippen LogP contribution in [0.2, 0.25) is 0 Å². The average molecular weight is 435 g/mol. The van der Waals surface area contributed by atoms with E-state index in [9.17, 15) is 18.5 Å². The lowest BCUT2D eigenvalue weighted by Crippen LogP contribution is -2.08. The maximum Gasteiger partial charge on any atom is 0.274 e. The molecule has 0 N–H and O–H groups in total. The summed E-state index contributed by atoms with van der Waals surface area (Å²) in [5.41, 5.74) is 3.77. The van der Waals surface area contributed by atoms with Gasteiger partial charge in [0.25, 0.3) is 5.69 Å². The van der Waals surface area contributed by atoms with Crippen LogP contribution in [-0.2, 0) is 22.1 Å². The maximum absolute atomic E-state index is 13.1. The molecule has 6 nitrogen and oxygen atoms in total. The Balaban J connectivity index is 1.85. The standard InChI is InChI=1S/C24H22N2O4S/c1-17-8-10-20(11-9-17)31(29,30)16-22-21-14-18(2)25(15-19-6-4-3-5-7-19)23(21)12-13-24(22)26(27)28/h3-14H,15-16H2,1-2H3. The molecule has 4 aromatic rings. The Labute approximate surface area is 180 Å². The highest BCUT2D eigenvalue weighted by atomic mass is 32.2. The van der Waals surface area contributed by atoms with Crippen LogP contribution in [0, 0.1) is 24.0 Å². The number of nitro groups is 1. The van der Waals surface area contributed by atoms with Gasteiger partial charge in [0.15, 0.2) is 9.84 Å². The second-order valence-corrected chi connectivity index (χ2v) is 9.67. The molecule has 0 bridgehead atoms. The summed E-state index contributed by atoms with van der Waals surface area (Å²) in [5.74, 6) is -0.432. The van der Waals surface area contributed by atoms with Gasteiger partial charge >= 0.3 is 0 Å². The van der Waals surface area contributed by atoms with Gasteiger partial charge in [-0.1, -0.05) is 48.0 Å². The van der Waals surface area contributed by atoms with E-state index < -0.39 is 20.5 Å². The first kappa shape index (κ1) is 20.8. The predicted molar refractivity (Wildman–Crippen MR) is 121 cm³/mol. The first-order chi connectivity index (χ1) is 14.8. The van der Waals surface area contributed by atoms with Crippen LogP contribution in [0.15, 0.2) is 77.7 Å². The third kappa shape index (κ3) is 4.09. The molecule has 0 amide bonds. The van der Waals surface area contributed by atoms with Gasteiger partial charge in [0, 0.05) is 29.2 Å². The van der Waals surface area contributed by atoms with E-state index in [0.29, 0.717) is 11.9 Å². The molecule has 0 atom stereocenters. The summed E-state index contributed by atoms with van der Waals surface area (Å²) in [7, 11) is -3.75. The number of fused-ring (bicyclic) bond motifs is 1. The first-order valence-corrected chi connectivity index (χ1v) is 11.5. The first-order valence-electron chi connectivity index (χ1n) is 9.86. The molecule has 1 heterocycles. The molecule has 31 heavy (non-hydrogen) atoms. The normalized spacial score (nSPS) is 11.7. The van der Waals surface area contributed by atoms with Gasteiger partial charge < -0.3 is 4.57 Å². The second-order valence-electron chi connectivity index (χ2n) is 7.68. The molecule has 0 aliphatic heterocycles. The topological polar surface area (TPSA) is 82.2 Å². The van der Waals surface area contributed by atoms with E-state index in [0.717, 1.165) is 22.3 Å². The second kappa shape index (κ2) is 8.00. The van der Waals surface area contributed by atoms with Gasteiger partial charge in [-0.05, 0) is 43.7 Å². The number of benzene rings is 3. The summed E-state index contributed by atoms with van der Waals surface area (Å²) in [5, 5.41) is 12.3. The Morgan fingerprint density at radius 1 is 0.935 bits per heavy atom. The van der Waals surface area contributed by atoms with Crippen LogP contribution in [0.5, 0.6) is 0 Å². The van der Waals surface area contributed by atoms with E-state index in [4.69, 9.17) is 0 Å². The summed E-state index contributed by atoms with van der Waals surface area (Å²) in [6, 6.07) is 21.4. The summed E-state index contributed by atoms with van der Waals surface area (Å²) in [4.78, 5) is 11.4. The molecule has 0 spiro atoms. The van der Waals surface area contributed by atoms with E-state index in [1.54, 1.807) is 30.3 Å². The smallest absolute Gasteiger partial charge is 0.274 e. The van der Waals surface area contributed by atoms with Crippen molar-refractivity contribution >= 4 is 26.4 Å². The van der Waals surface area contributed by atoms with Crippen LogP contribution in [0.4, 0.5) is 5.69 Å². The highest BCUT2D eigenvalue weighted by Gasteiger charge is 2.26. The third-order valence-corrected chi connectivity index (χ3v) is 7.13. The Hall–Kier alpha value is -3.45. The highest BCUT2D eigenvalue weighted by Crippen LogP contribution is 2.33. The summed E-state index contributed by atoms with van der Waals surface area (Å²) in [6.45, 7) is 4.39. The molecule has 0 radical (unpaired) electrons. The number of hydrogen-bond acceptors (Lipinski definition) is 4. The molecule has 3 aromatic carbocycles. The van der Waals surface area contributed by atoms with Gasteiger partial charge in [-0.3, -0.25) is 10.1 Å². The molecule has 0 fully saturated rings. The zero-order valence-electron chi connectivity index (χ0n) is 17.3. The minimum Gasteiger partial charge on any atom is -0.340 e. The lowest BCUT2D eigenvalue weighted by atomic mass is 10.1. The van der Waals surface area contributed by atoms with Crippen molar-refractivity contribution in [1.82, 2.24) is 4.57 Å². The lowest BCUT2D eigenvalue weighted by Gasteiger charge is -2.10. The van der Waals surface area contributed by atoms with Gasteiger partial charge in [0.1, 0.15) is 0 Å². The number of sulfone groups is 1. The largest absolute Gasteiger partial charge is 0.340 e. The van der Waals surface area contributed by atoms with Crippen LogP contribution in [-0.4, -0.2) is 17.9 Å². The molecule has 0 aliphatic rings. The van der Waals surface area contributed by atoms with Crippen LogP contribution in [0.25, 0.3) is 10.9 Å². The molecule has 1 aromatic heterocycles.